The minimum Gasteiger partial charge on any atom is -0.380 e. The first-order valence-corrected chi connectivity index (χ1v) is 6.77. The Bertz CT molecular complexity index is 381. The Labute approximate surface area is 131 Å². The monoisotopic (exact) mass is 320 g/mol. The molecule has 4 nitrogen and oxygen atoms in total. The molecule has 0 fully saturated rings. The Balaban J connectivity index is 0.00000361. The van der Waals surface area contributed by atoms with E-state index in [4.69, 9.17) is 22.1 Å². The molecule has 1 aromatic carbocycles. The van der Waals surface area contributed by atoms with Gasteiger partial charge in [0, 0.05) is 25.2 Å². The number of methoxy groups -OCH3 is 1. The van der Waals surface area contributed by atoms with Gasteiger partial charge in [-0.1, -0.05) is 23.7 Å². The van der Waals surface area contributed by atoms with Crippen molar-refractivity contribution in [2.75, 3.05) is 20.2 Å². The molecule has 1 atom stereocenters. The molecule has 0 bridgehead atoms. The highest BCUT2D eigenvalue weighted by atomic mass is 35.5. The summed E-state index contributed by atoms with van der Waals surface area (Å²) in [6.45, 7) is 1.01. The Morgan fingerprint density at radius 3 is 2.60 bits per heavy atom. The molecule has 114 valence electrons. The fourth-order valence-corrected chi connectivity index (χ4v) is 1.84. The van der Waals surface area contributed by atoms with Crippen LogP contribution in [0.4, 0.5) is 0 Å². The van der Waals surface area contributed by atoms with E-state index in [0.717, 1.165) is 17.9 Å². The van der Waals surface area contributed by atoms with Crippen LogP contribution in [0.25, 0.3) is 0 Å². The summed E-state index contributed by atoms with van der Waals surface area (Å²) in [5, 5.41) is 3.60. The van der Waals surface area contributed by atoms with E-state index in [9.17, 15) is 4.79 Å². The van der Waals surface area contributed by atoms with Gasteiger partial charge in [0.2, 0.25) is 5.91 Å². The summed E-state index contributed by atoms with van der Waals surface area (Å²) in [5.74, 6) is -0.0200. The number of nitrogens with one attached hydrogen (secondary N) is 1. The number of halogens is 2. The molecule has 0 heterocycles. The van der Waals surface area contributed by atoms with Crippen molar-refractivity contribution >= 4 is 29.9 Å². The average Bonchev–Trinajstić information content (AvgIpc) is 2.43. The second-order valence-corrected chi connectivity index (χ2v) is 4.81. The summed E-state index contributed by atoms with van der Waals surface area (Å²) in [6, 6.07) is 7.75. The number of amides is 1. The third-order valence-corrected chi connectivity index (χ3v) is 3.14. The van der Waals surface area contributed by atoms with Gasteiger partial charge in [0.1, 0.15) is 0 Å². The van der Waals surface area contributed by atoms with E-state index >= 15 is 0 Å². The zero-order chi connectivity index (χ0) is 14.1. The van der Waals surface area contributed by atoms with Crippen LogP contribution >= 0.6 is 24.0 Å². The van der Waals surface area contributed by atoms with E-state index in [1.54, 1.807) is 7.11 Å². The first-order valence-electron chi connectivity index (χ1n) is 6.39. The smallest absolute Gasteiger partial charge is 0.222 e. The van der Waals surface area contributed by atoms with Crippen LogP contribution in [-0.2, 0) is 16.0 Å². The normalized spacial score (nSPS) is 11.6. The lowest BCUT2D eigenvalue weighted by Crippen LogP contribution is -2.32. The molecule has 1 rings (SSSR count). The molecule has 0 aliphatic heterocycles. The van der Waals surface area contributed by atoms with Gasteiger partial charge < -0.3 is 15.8 Å². The molecule has 0 aliphatic carbocycles. The topological polar surface area (TPSA) is 64.3 Å². The van der Waals surface area contributed by atoms with Crippen molar-refractivity contribution in [3.05, 3.63) is 34.9 Å². The predicted octanol–water partition coefficient (Wildman–Crippen LogP) is 2.17. The SMILES string of the molecule is COC(CN)CC(=O)NCCCc1ccc(Cl)cc1.Cl. The van der Waals surface area contributed by atoms with Crippen molar-refractivity contribution in [3.8, 4) is 0 Å². The second kappa shape index (κ2) is 10.9. The summed E-state index contributed by atoms with van der Waals surface area (Å²) < 4.78 is 5.06. The van der Waals surface area contributed by atoms with Crippen LogP contribution in [0.5, 0.6) is 0 Å². The van der Waals surface area contributed by atoms with E-state index < -0.39 is 0 Å². The van der Waals surface area contributed by atoms with Crippen LogP contribution in [0.3, 0.4) is 0 Å². The molecule has 3 N–H and O–H groups in total. The molecule has 0 saturated carbocycles. The average molecular weight is 321 g/mol. The molecular weight excluding hydrogens is 299 g/mol. The van der Waals surface area contributed by atoms with Crippen LogP contribution in [0.15, 0.2) is 24.3 Å². The lowest BCUT2D eigenvalue weighted by Gasteiger charge is -2.12. The molecule has 0 saturated heterocycles. The number of benzene rings is 1. The maximum Gasteiger partial charge on any atom is 0.222 e. The van der Waals surface area contributed by atoms with Gasteiger partial charge in [-0.05, 0) is 30.5 Å². The number of aryl methyl sites for hydroxylation is 1. The molecule has 0 radical (unpaired) electrons. The molecule has 1 unspecified atom stereocenters. The third kappa shape index (κ3) is 7.70. The Kier molecular flexibility index (Phi) is 10.5. The highest BCUT2D eigenvalue weighted by Gasteiger charge is 2.10. The van der Waals surface area contributed by atoms with Crippen molar-refractivity contribution in [3.63, 3.8) is 0 Å². The highest BCUT2D eigenvalue weighted by molar-refractivity contribution is 6.30. The standard InChI is InChI=1S/C14H21ClN2O2.ClH/c1-19-13(10-16)9-14(18)17-8-2-3-11-4-6-12(15)7-5-11;/h4-7,13H,2-3,8-10,16H2,1H3,(H,17,18);1H. The Morgan fingerprint density at radius 1 is 1.40 bits per heavy atom. The maximum atomic E-state index is 11.6. The van der Waals surface area contributed by atoms with Gasteiger partial charge in [-0.15, -0.1) is 12.4 Å². The maximum absolute atomic E-state index is 11.6. The number of hydrogen-bond acceptors (Lipinski definition) is 3. The van der Waals surface area contributed by atoms with E-state index in [0.29, 0.717) is 19.5 Å². The van der Waals surface area contributed by atoms with E-state index in [2.05, 4.69) is 5.32 Å². The molecular formula is C14H22Cl2N2O2. The molecule has 1 amide bonds. The van der Waals surface area contributed by atoms with Gasteiger partial charge in [0.25, 0.3) is 0 Å². The van der Waals surface area contributed by atoms with Gasteiger partial charge in [0.05, 0.1) is 12.5 Å². The van der Waals surface area contributed by atoms with Crippen molar-refractivity contribution < 1.29 is 9.53 Å². The fourth-order valence-electron chi connectivity index (χ4n) is 1.71. The van der Waals surface area contributed by atoms with Gasteiger partial charge in [-0.3, -0.25) is 4.79 Å². The fraction of sp³-hybridized carbons (Fsp3) is 0.500. The quantitative estimate of drug-likeness (QED) is 0.721. The van der Waals surface area contributed by atoms with Crippen LogP contribution in [-0.4, -0.2) is 32.2 Å². The number of nitrogens with two attached hydrogens (primary N) is 1. The molecule has 1 aromatic rings. The molecule has 6 heteroatoms. The first-order chi connectivity index (χ1) is 9.15. The minimum atomic E-state index is -0.198. The molecule has 0 aliphatic rings. The summed E-state index contributed by atoms with van der Waals surface area (Å²) in [6.07, 6.45) is 1.93. The second-order valence-electron chi connectivity index (χ2n) is 4.38. The van der Waals surface area contributed by atoms with Crippen LogP contribution in [0.1, 0.15) is 18.4 Å². The van der Waals surface area contributed by atoms with Crippen molar-refractivity contribution in [2.24, 2.45) is 5.73 Å². The minimum absolute atomic E-state index is 0. The predicted molar refractivity (Wildman–Crippen MR) is 84.5 cm³/mol. The lowest BCUT2D eigenvalue weighted by atomic mass is 10.1. The van der Waals surface area contributed by atoms with E-state index in [1.165, 1.54) is 5.56 Å². The number of ether oxygens (including phenoxy) is 1. The van der Waals surface area contributed by atoms with Crippen molar-refractivity contribution in [2.45, 2.75) is 25.4 Å². The zero-order valence-corrected chi connectivity index (χ0v) is 13.2. The van der Waals surface area contributed by atoms with Gasteiger partial charge in [0.15, 0.2) is 0 Å². The number of hydrogen-bond donors (Lipinski definition) is 2. The van der Waals surface area contributed by atoms with E-state index in [-0.39, 0.29) is 24.4 Å². The number of carbonyl (C=O) groups is 1. The summed E-state index contributed by atoms with van der Waals surface area (Å²) >= 11 is 5.81. The van der Waals surface area contributed by atoms with Crippen LogP contribution in [0, 0.1) is 0 Å². The Hall–Kier alpha value is -0.810. The van der Waals surface area contributed by atoms with E-state index in [1.807, 2.05) is 24.3 Å². The summed E-state index contributed by atoms with van der Waals surface area (Å²) in [4.78, 5) is 11.6. The van der Waals surface area contributed by atoms with Crippen molar-refractivity contribution in [1.29, 1.82) is 0 Å². The Morgan fingerprint density at radius 2 is 2.05 bits per heavy atom. The van der Waals surface area contributed by atoms with Crippen LogP contribution < -0.4 is 11.1 Å². The zero-order valence-electron chi connectivity index (χ0n) is 11.6. The van der Waals surface area contributed by atoms with Gasteiger partial charge >= 0.3 is 0 Å². The van der Waals surface area contributed by atoms with Crippen LogP contribution in [0.2, 0.25) is 5.02 Å². The summed E-state index contributed by atoms with van der Waals surface area (Å²) in [5.41, 5.74) is 6.68. The highest BCUT2D eigenvalue weighted by Crippen LogP contribution is 2.10. The van der Waals surface area contributed by atoms with Gasteiger partial charge in [-0.25, -0.2) is 0 Å². The largest absolute Gasteiger partial charge is 0.380 e. The lowest BCUT2D eigenvalue weighted by molar-refractivity contribution is -0.123. The van der Waals surface area contributed by atoms with Crippen molar-refractivity contribution in [1.82, 2.24) is 5.32 Å². The summed E-state index contributed by atoms with van der Waals surface area (Å²) in [7, 11) is 1.56. The first kappa shape index (κ1) is 19.2. The molecule has 0 spiro atoms. The number of rotatable bonds is 8. The van der Waals surface area contributed by atoms with Gasteiger partial charge in [-0.2, -0.15) is 0 Å². The number of carbonyl (C=O) groups excluding carboxylic acids is 1. The molecule has 0 aromatic heterocycles. The molecule has 20 heavy (non-hydrogen) atoms. The third-order valence-electron chi connectivity index (χ3n) is 2.89.